The van der Waals surface area contributed by atoms with Gasteiger partial charge in [-0.15, -0.1) is 0 Å². The summed E-state index contributed by atoms with van der Waals surface area (Å²) in [5, 5.41) is 8.27. The molecule has 0 spiro atoms. The monoisotopic (exact) mass is 404 g/mol. The van der Waals surface area contributed by atoms with Crippen LogP contribution in [0, 0.1) is 0 Å². The second-order valence-corrected chi connectivity index (χ2v) is 8.48. The second-order valence-electron chi connectivity index (χ2n) is 6.33. The average Bonchev–Trinajstić information content (AvgIpc) is 2.67. The van der Waals surface area contributed by atoms with E-state index >= 15 is 0 Å². The molecule has 2 rings (SSSR count). The van der Waals surface area contributed by atoms with Gasteiger partial charge >= 0.3 is 0 Å². The van der Waals surface area contributed by atoms with E-state index in [2.05, 4.69) is 16.0 Å². The predicted molar refractivity (Wildman–Crippen MR) is 109 cm³/mol. The predicted octanol–water partition coefficient (Wildman–Crippen LogP) is 1.74. The third-order valence-corrected chi connectivity index (χ3v) is 5.82. The number of sulfonamides is 1. The van der Waals surface area contributed by atoms with Crippen molar-refractivity contribution in [2.24, 2.45) is 0 Å². The zero-order valence-corrected chi connectivity index (χ0v) is 17.0. The molecule has 0 heterocycles. The maximum Gasteiger partial charge on any atom is 0.251 e. The highest BCUT2D eigenvalue weighted by Gasteiger charge is 2.19. The fourth-order valence-electron chi connectivity index (χ4n) is 2.41. The number of nitrogens with one attached hydrogen (secondary N) is 3. The van der Waals surface area contributed by atoms with Crippen LogP contribution in [0.1, 0.15) is 17.3 Å². The van der Waals surface area contributed by atoms with Crippen molar-refractivity contribution in [3.8, 4) is 0 Å². The molecule has 0 aliphatic heterocycles. The van der Waals surface area contributed by atoms with Crippen LogP contribution in [0.3, 0.4) is 0 Å². The Labute approximate surface area is 165 Å². The van der Waals surface area contributed by atoms with E-state index in [-0.39, 0.29) is 16.7 Å². The summed E-state index contributed by atoms with van der Waals surface area (Å²) in [5.41, 5.74) is 1.47. The molecule has 2 aromatic rings. The first kappa shape index (κ1) is 21.4. The number of carbonyl (C=O) groups is 2. The molecule has 28 heavy (non-hydrogen) atoms. The second kappa shape index (κ2) is 8.85. The number of rotatable bonds is 7. The first-order valence-corrected chi connectivity index (χ1v) is 10.0. The molecule has 1 atom stereocenters. The molecule has 3 N–H and O–H groups in total. The van der Waals surface area contributed by atoms with Gasteiger partial charge in [-0.05, 0) is 43.3 Å². The molecule has 0 radical (unpaired) electrons. The van der Waals surface area contributed by atoms with Gasteiger partial charge in [0.15, 0.2) is 0 Å². The minimum Gasteiger partial charge on any atom is -0.374 e. The normalized spacial score (nSPS) is 12.3. The van der Waals surface area contributed by atoms with E-state index in [1.165, 1.54) is 26.2 Å². The first-order chi connectivity index (χ1) is 13.1. The van der Waals surface area contributed by atoms with Crippen molar-refractivity contribution >= 4 is 33.2 Å². The van der Waals surface area contributed by atoms with Crippen molar-refractivity contribution in [3.05, 3.63) is 54.1 Å². The number of nitrogens with zero attached hydrogens (tertiary/aromatic N) is 1. The van der Waals surface area contributed by atoms with Crippen LogP contribution < -0.4 is 16.0 Å². The minimum absolute atomic E-state index is 0.0918. The fourth-order valence-corrected chi connectivity index (χ4v) is 3.35. The van der Waals surface area contributed by atoms with E-state index in [9.17, 15) is 18.0 Å². The number of hydrogen-bond donors (Lipinski definition) is 3. The van der Waals surface area contributed by atoms with Gasteiger partial charge in [-0.1, -0.05) is 12.1 Å². The summed E-state index contributed by atoms with van der Waals surface area (Å²) in [6, 6.07) is 12.2. The van der Waals surface area contributed by atoms with Gasteiger partial charge in [-0.25, -0.2) is 12.7 Å². The largest absolute Gasteiger partial charge is 0.374 e. The molecule has 8 nitrogen and oxygen atoms in total. The van der Waals surface area contributed by atoms with E-state index in [0.29, 0.717) is 16.9 Å². The van der Waals surface area contributed by atoms with E-state index in [1.54, 1.807) is 50.4 Å². The van der Waals surface area contributed by atoms with E-state index in [1.807, 2.05) is 0 Å². The Hall–Kier alpha value is -2.91. The van der Waals surface area contributed by atoms with Gasteiger partial charge < -0.3 is 16.0 Å². The van der Waals surface area contributed by atoms with Crippen LogP contribution >= 0.6 is 0 Å². The van der Waals surface area contributed by atoms with Crippen LogP contribution in [0.4, 0.5) is 11.4 Å². The molecule has 0 bridgehead atoms. The summed E-state index contributed by atoms with van der Waals surface area (Å²) in [4.78, 5) is 24.3. The molecule has 0 unspecified atom stereocenters. The Bertz CT molecular complexity index is 973. The van der Waals surface area contributed by atoms with Gasteiger partial charge in [0, 0.05) is 38.1 Å². The lowest BCUT2D eigenvalue weighted by molar-refractivity contribution is -0.116. The minimum atomic E-state index is -3.59. The smallest absolute Gasteiger partial charge is 0.251 e. The highest BCUT2D eigenvalue weighted by atomic mass is 32.2. The van der Waals surface area contributed by atoms with Gasteiger partial charge in [0.25, 0.3) is 5.91 Å². The fraction of sp³-hybridized carbons (Fsp3) is 0.263. The summed E-state index contributed by atoms with van der Waals surface area (Å²) in [5.74, 6) is -0.565. The summed E-state index contributed by atoms with van der Waals surface area (Å²) in [6.45, 7) is 1.67. The summed E-state index contributed by atoms with van der Waals surface area (Å²) in [7, 11) is 0.842. The Morgan fingerprint density at radius 2 is 1.64 bits per heavy atom. The molecule has 0 aliphatic carbocycles. The maximum atomic E-state index is 12.5. The molecule has 2 aromatic carbocycles. The van der Waals surface area contributed by atoms with Gasteiger partial charge in [0.05, 0.1) is 4.90 Å². The molecule has 150 valence electrons. The highest BCUT2D eigenvalue weighted by Crippen LogP contribution is 2.18. The van der Waals surface area contributed by atoms with Gasteiger partial charge in [0.2, 0.25) is 15.9 Å². The van der Waals surface area contributed by atoms with Crippen LogP contribution in [0.15, 0.2) is 53.4 Å². The average molecular weight is 404 g/mol. The van der Waals surface area contributed by atoms with Crippen LogP contribution in [-0.2, 0) is 14.8 Å². The molecular formula is C19H24N4O4S. The summed E-state index contributed by atoms with van der Waals surface area (Å²) >= 11 is 0. The van der Waals surface area contributed by atoms with E-state index in [0.717, 1.165) is 4.31 Å². The van der Waals surface area contributed by atoms with Crippen LogP contribution in [0.5, 0.6) is 0 Å². The number of hydrogen-bond acceptors (Lipinski definition) is 5. The Kier molecular flexibility index (Phi) is 6.76. The number of anilines is 2. The van der Waals surface area contributed by atoms with Gasteiger partial charge in [0.1, 0.15) is 6.04 Å². The molecule has 0 fully saturated rings. The van der Waals surface area contributed by atoms with E-state index in [4.69, 9.17) is 0 Å². The Morgan fingerprint density at radius 1 is 1.00 bits per heavy atom. The van der Waals surface area contributed by atoms with Crippen molar-refractivity contribution in [1.82, 2.24) is 9.62 Å². The number of benzene rings is 2. The molecule has 0 aliphatic rings. The summed E-state index contributed by atoms with van der Waals surface area (Å²) in [6.07, 6.45) is 0. The lowest BCUT2D eigenvalue weighted by Gasteiger charge is -2.17. The molecule has 9 heteroatoms. The maximum absolute atomic E-state index is 12.5. The van der Waals surface area contributed by atoms with Crippen LogP contribution in [0.2, 0.25) is 0 Å². The molecule has 0 saturated carbocycles. The standard InChI is InChI=1S/C19H24N4O4S/c1-13(21-15-8-5-7-14(11-15)19(25)20-2)18(24)22-16-9-6-10-17(12-16)28(26,27)23(3)4/h5-13,21H,1-4H3,(H,20,25)(H,22,24)/t13-/m1/s1. The van der Waals surface area contributed by atoms with Crippen molar-refractivity contribution in [2.75, 3.05) is 31.8 Å². The lowest BCUT2D eigenvalue weighted by Crippen LogP contribution is -2.32. The zero-order valence-electron chi connectivity index (χ0n) is 16.2. The molecule has 0 aromatic heterocycles. The topological polar surface area (TPSA) is 108 Å². The van der Waals surface area contributed by atoms with E-state index < -0.39 is 16.1 Å². The van der Waals surface area contributed by atoms with Crippen molar-refractivity contribution in [2.45, 2.75) is 17.9 Å². The van der Waals surface area contributed by atoms with Crippen LogP contribution in [-0.4, -0.2) is 51.7 Å². The number of amides is 2. The SMILES string of the molecule is CNC(=O)c1cccc(N[C@H](C)C(=O)Nc2cccc(S(=O)(=O)N(C)C)c2)c1. The van der Waals surface area contributed by atoms with Crippen molar-refractivity contribution in [1.29, 1.82) is 0 Å². The quantitative estimate of drug-likeness (QED) is 0.651. The Balaban J connectivity index is 2.10. The van der Waals surface area contributed by atoms with Crippen LogP contribution in [0.25, 0.3) is 0 Å². The van der Waals surface area contributed by atoms with Gasteiger partial charge in [-0.2, -0.15) is 0 Å². The first-order valence-electron chi connectivity index (χ1n) is 8.57. The molecular weight excluding hydrogens is 380 g/mol. The van der Waals surface area contributed by atoms with Gasteiger partial charge in [-0.3, -0.25) is 9.59 Å². The third kappa shape index (κ3) is 5.08. The Morgan fingerprint density at radius 3 is 2.29 bits per heavy atom. The highest BCUT2D eigenvalue weighted by molar-refractivity contribution is 7.89. The third-order valence-electron chi connectivity index (χ3n) is 4.01. The lowest BCUT2D eigenvalue weighted by atomic mass is 10.1. The summed E-state index contributed by atoms with van der Waals surface area (Å²) < 4.78 is 25.6. The number of carbonyl (C=O) groups excluding carboxylic acids is 2. The zero-order chi connectivity index (χ0) is 20.9. The molecule has 0 saturated heterocycles. The molecule has 2 amide bonds. The van der Waals surface area contributed by atoms with Crippen molar-refractivity contribution in [3.63, 3.8) is 0 Å². The van der Waals surface area contributed by atoms with Crippen molar-refractivity contribution < 1.29 is 18.0 Å².